The molecule has 6 nitrogen and oxygen atoms in total. The molecule has 6 heteroatoms. The molecule has 0 spiro atoms. The molecule has 0 aromatic carbocycles. The number of ether oxygens (including phenoxy) is 2. The lowest BCUT2D eigenvalue weighted by atomic mass is 9.71. The van der Waals surface area contributed by atoms with Gasteiger partial charge in [-0.2, -0.15) is 0 Å². The third-order valence-corrected chi connectivity index (χ3v) is 5.79. The number of nitrogens with one attached hydrogen (secondary N) is 1. The second-order valence-electron chi connectivity index (χ2n) is 7.67. The molecule has 0 saturated heterocycles. The predicted octanol–water partition coefficient (Wildman–Crippen LogP) is 3.88. The van der Waals surface area contributed by atoms with Crippen LogP contribution in [0.3, 0.4) is 0 Å². The van der Waals surface area contributed by atoms with Crippen molar-refractivity contribution in [1.82, 2.24) is 4.98 Å². The van der Waals surface area contributed by atoms with Crippen LogP contribution in [-0.4, -0.2) is 35.5 Å². The molecule has 1 fully saturated rings. The molecule has 0 unspecified atom stereocenters. The van der Waals surface area contributed by atoms with E-state index in [1.807, 2.05) is 13.0 Å². The van der Waals surface area contributed by atoms with Crippen molar-refractivity contribution in [2.24, 2.45) is 17.8 Å². The summed E-state index contributed by atoms with van der Waals surface area (Å²) in [6.45, 7) is 2.62. The first-order valence-electron chi connectivity index (χ1n) is 10.5. The van der Waals surface area contributed by atoms with Gasteiger partial charge in [0.2, 0.25) is 6.29 Å². The van der Waals surface area contributed by atoms with Crippen LogP contribution in [0.15, 0.2) is 36.4 Å². The molecule has 1 aromatic rings. The summed E-state index contributed by atoms with van der Waals surface area (Å²) >= 11 is 0. The van der Waals surface area contributed by atoms with Gasteiger partial charge in [-0.25, -0.2) is 0 Å². The summed E-state index contributed by atoms with van der Waals surface area (Å²) < 4.78 is 11.9. The molecule has 1 aromatic heterocycles. The first kappa shape index (κ1) is 20.8. The molecule has 1 aliphatic carbocycles. The van der Waals surface area contributed by atoms with Crippen LogP contribution in [0.1, 0.15) is 51.9 Å². The Morgan fingerprint density at radius 1 is 1.36 bits per heavy atom. The second kappa shape index (κ2) is 10.6. The van der Waals surface area contributed by atoms with Crippen LogP contribution < -0.4 is 5.32 Å². The van der Waals surface area contributed by atoms with Gasteiger partial charge in [0.05, 0.1) is 11.9 Å². The lowest BCUT2D eigenvalue weighted by molar-refractivity contribution is -0.175. The van der Waals surface area contributed by atoms with Crippen LogP contribution in [0.5, 0.6) is 0 Å². The van der Waals surface area contributed by atoms with Crippen molar-refractivity contribution in [2.75, 3.05) is 18.5 Å². The molecule has 2 aliphatic rings. The maximum atomic E-state index is 12.8. The van der Waals surface area contributed by atoms with E-state index in [0.717, 1.165) is 6.42 Å². The van der Waals surface area contributed by atoms with Crippen LogP contribution in [0, 0.1) is 17.8 Å². The Bertz CT molecular complexity index is 643. The molecule has 0 bridgehead atoms. The van der Waals surface area contributed by atoms with Crippen LogP contribution in [0.25, 0.3) is 0 Å². The van der Waals surface area contributed by atoms with Gasteiger partial charge in [-0.3, -0.25) is 9.78 Å². The fourth-order valence-electron chi connectivity index (χ4n) is 4.47. The minimum Gasteiger partial charge on any atom is -0.459 e. The summed E-state index contributed by atoms with van der Waals surface area (Å²) in [7, 11) is 0. The van der Waals surface area contributed by atoms with Gasteiger partial charge in [0.15, 0.2) is 5.76 Å². The number of carbonyl (C=O) groups excluding carboxylic acids is 1. The van der Waals surface area contributed by atoms with Crippen LogP contribution >= 0.6 is 0 Å². The Labute approximate surface area is 167 Å². The number of anilines is 1. The summed E-state index contributed by atoms with van der Waals surface area (Å²) in [5, 5.41) is 12.2. The molecule has 3 atom stereocenters. The average Bonchev–Trinajstić information content (AvgIpc) is 2.74. The Morgan fingerprint density at radius 2 is 2.18 bits per heavy atom. The van der Waals surface area contributed by atoms with Crippen molar-refractivity contribution in [2.45, 2.75) is 58.2 Å². The van der Waals surface area contributed by atoms with E-state index in [2.05, 4.69) is 10.3 Å². The summed E-state index contributed by atoms with van der Waals surface area (Å²) in [6, 6.07) is 3.58. The molecule has 1 saturated carbocycles. The van der Waals surface area contributed by atoms with E-state index >= 15 is 0 Å². The van der Waals surface area contributed by atoms with E-state index in [9.17, 15) is 9.90 Å². The highest BCUT2D eigenvalue weighted by atomic mass is 16.7. The monoisotopic (exact) mass is 388 g/mol. The second-order valence-corrected chi connectivity index (χ2v) is 7.67. The molecule has 2 heterocycles. The average molecular weight is 389 g/mol. The number of aromatic nitrogens is 1. The third-order valence-electron chi connectivity index (χ3n) is 5.79. The van der Waals surface area contributed by atoms with E-state index in [-0.39, 0.29) is 24.3 Å². The number of aliphatic hydroxyl groups is 1. The van der Waals surface area contributed by atoms with Crippen LogP contribution in [-0.2, 0) is 14.3 Å². The lowest BCUT2D eigenvalue weighted by Crippen LogP contribution is -2.41. The van der Waals surface area contributed by atoms with E-state index in [1.165, 1.54) is 32.1 Å². The first-order chi connectivity index (χ1) is 13.7. The molecular weight excluding hydrogens is 356 g/mol. The normalized spacial score (nSPS) is 25.6. The van der Waals surface area contributed by atoms with Crippen molar-refractivity contribution in [3.05, 3.63) is 36.4 Å². The van der Waals surface area contributed by atoms with Gasteiger partial charge in [0, 0.05) is 25.3 Å². The van der Waals surface area contributed by atoms with Crippen molar-refractivity contribution < 1.29 is 19.4 Å². The first-order valence-corrected chi connectivity index (χ1v) is 10.5. The van der Waals surface area contributed by atoms with Crippen molar-refractivity contribution in [3.8, 4) is 0 Å². The number of aliphatic hydroxyl groups excluding tert-OH is 1. The Hall–Kier alpha value is -1.92. The van der Waals surface area contributed by atoms with Gasteiger partial charge in [-0.15, -0.1) is 0 Å². The summed E-state index contributed by atoms with van der Waals surface area (Å²) in [5.74, 6) is 0.986. The Kier molecular flexibility index (Phi) is 7.86. The van der Waals surface area contributed by atoms with Gasteiger partial charge < -0.3 is 19.9 Å². The van der Waals surface area contributed by atoms with Crippen molar-refractivity contribution in [1.29, 1.82) is 0 Å². The maximum Gasteiger partial charge on any atom is 0.290 e. The maximum absolute atomic E-state index is 12.8. The Balaban J connectivity index is 1.83. The van der Waals surface area contributed by atoms with Gasteiger partial charge in [-0.05, 0) is 62.7 Å². The fraction of sp³-hybridized carbons (Fsp3) is 0.636. The number of pyridine rings is 1. The van der Waals surface area contributed by atoms with E-state index in [0.29, 0.717) is 30.4 Å². The highest BCUT2D eigenvalue weighted by Crippen LogP contribution is 2.42. The van der Waals surface area contributed by atoms with E-state index < -0.39 is 6.29 Å². The third kappa shape index (κ3) is 5.32. The quantitative estimate of drug-likeness (QED) is 0.706. The zero-order valence-corrected chi connectivity index (χ0v) is 16.7. The molecule has 154 valence electrons. The van der Waals surface area contributed by atoms with Gasteiger partial charge in [0.1, 0.15) is 0 Å². The lowest BCUT2D eigenvalue weighted by Gasteiger charge is -2.41. The highest BCUT2D eigenvalue weighted by molar-refractivity contribution is 6.02. The largest absolute Gasteiger partial charge is 0.459 e. The number of nitrogens with zero attached hydrogens (tertiary/aromatic N) is 1. The van der Waals surface area contributed by atoms with Crippen molar-refractivity contribution >= 4 is 11.6 Å². The summed E-state index contributed by atoms with van der Waals surface area (Å²) in [6.07, 6.45) is 12.5. The smallest absolute Gasteiger partial charge is 0.290 e. The molecule has 1 aliphatic heterocycles. The minimum absolute atomic E-state index is 0.158. The number of carbonyl (C=O) groups is 1. The minimum atomic E-state index is -0.455. The number of hydrogen-bond donors (Lipinski definition) is 2. The van der Waals surface area contributed by atoms with E-state index in [4.69, 9.17) is 9.47 Å². The molecular formula is C22H32N2O4. The van der Waals surface area contributed by atoms with Crippen molar-refractivity contribution in [3.63, 3.8) is 0 Å². The van der Waals surface area contributed by atoms with Gasteiger partial charge in [-0.1, -0.05) is 19.3 Å². The summed E-state index contributed by atoms with van der Waals surface area (Å²) in [4.78, 5) is 16.9. The number of allylic oxidation sites excluding steroid dienone is 1. The van der Waals surface area contributed by atoms with Gasteiger partial charge in [0.25, 0.3) is 5.91 Å². The standard InChI is InChI=1S/C22H32N2O4/c1-2-27-22-18(11-7-13-25)19(16-8-4-3-5-9-16)14-20(28-22)21(26)24-17-10-6-12-23-15-17/h6,10,12,14-16,18-19,22,25H,2-5,7-9,11,13H2,1H3,(H,24,26)/t18-,19-,22-/m1/s1. The fourth-order valence-corrected chi connectivity index (χ4v) is 4.47. The van der Waals surface area contributed by atoms with Crippen LogP contribution in [0.4, 0.5) is 5.69 Å². The topological polar surface area (TPSA) is 80.7 Å². The number of hydrogen-bond acceptors (Lipinski definition) is 5. The molecule has 2 N–H and O–H groups in total. The molecule has 1 amide bonds. The molecule has 3 rings (SSSR count). The zero-order valence-electron chi connectivity index (χ0n) is 16.7. The highest BCUT2D eigenvalue weighted by Gasteiger charge is 2.40. The molecule has 0 radical (unpaired) electrons. The SMILES string of the molecule is CCO[C@@H]1OC(C(=O)Nc2cccnc2)=C[C@H](C2CCCCC2)[C@H]1CCCO. The van der Waals surface area contributed by atoms with Gasteiger partial charge >= 0.3 is 0 Å². The predicted molar refractivity (Wildman–Crippen MR) is 107 cm³/mol. The molecule has 28 heavy (non-hydrogen) atoms. The van der Waals surface area contributed by atoms with E-state index in [1.54, 1.807) is 24.5 Å². The Morgan fingerprint density at radius 3 is 2.86 bits per heavy atom. The van der Waals surface area contributed by atoms with Crippen LogP contribution in [0.2, 0.25) is 0 Å². The summed E-state index contributed by atoms with van der Waals surface area (Å²) in [5.41, 5.74) is 0.640. The zero-order chi connectivity index (χ0) is 19.8. The number of rotatable bonds is 8. The number of amides is 1.